The number of aromatic amines is 1. The third-order valence-electron chi connectivity index (χ3n) is 4.15. The van der Waals surface area contributed by atoms with E-state index in [2.05, 4.69) is 20.6 Å². The molecule has 1 amide bonds. The van der Waals surface area contributed by atoms with Gasteiger partial charge < -0.3 is 10.3 Å². The summed E-state index contributed by atoms with van der Waals surface area (Å²) in [5, 5.41) is 5.47. The SMILES string of the molecule is O=C(NC(=S)Nc1ccc(-c2nc3ccccc3[nH]2)cc1)c1ccccc1F. The highest BCUT2D eigenvalue weighted by molar-refractivity contribution is 7.80. The van der Waals surface area contributed by atoms with Crippen LogP contribution >= 0.6 is 12.2 Å². The first kappa shape index (κ1) is 17.8. The smallest absolute Gasteiger partial charge is 0.260 e. The van der Waals surface area contributed by atoms with Gasteiger partial charge >= 0.3 is 0 Å². The maximum absolute atomic E-state index is 13.7. The molecule has 5 nitrogen and oxygen atoms in total. The Balaban J connectivity index is 1.43. The van der Waals surface area contributed by atoms with E-state index in [4.69, 9.17) is 12.2 Å². The molecule has 3 N–H and O–H groups in total. The van der Waals surface area contributed by atoms with Crippen LogP contribution in [0.4, 0.5) is 10.1 Å². The van der Waals surface area contributed by atoms with Crippen molar-refractivity contribution in [2.45, 2.75) is 0 Å². The monoisotopic (exact) mass is 390 g/mol. The molecule has 0 aliphatic rings. The molecule has 1 heterocycles. The van der Waals surface area contributed by atoms with E-state index < -0.39 is 11.7 Å². The zero-order valence-corrected chi connectivity index (χ0v) is 15.4. The lowest BCUT2D eigenvalue weighted by molar-refractivity contribution is 0.0974. The van der Waals surface area contributed by atoms with Crippen LogP contribution in [0.3, 0.4) is 0 Å². The number of para-hydroxylation sites is 2. The van der Waals surface area contributed by atoms with Crippen LogP contribution in [0.5, 0.6) is 0 Å². The van der Waals surface area contributed by atoms with Crippen molar-refractivity contribution in [1.82, 2.24) is 15.3 Å². The van der Waals surface area contributed by atoms with Crippen LogP contribution < -0.4 is 10.6 Å². The highest BCUT2D eigenvalue weighted by Crippen LogP contribution is 2.22. The summed E-state index contributed by atoms with van der Waals surface area (Å²) in [4.78, 5) is 19.9. The fraction of sp³-hybridized carbons (Fsp3) is 0. The van der Waals surface area contributed by atoms with Gasteiger partial charge in [0.25, 0.3) is 5.91 Å². The van der Waals surface area contributed by atoms with Crippen molar-refractivity contribution in [2.24, 2.45) is 0 Å². The van der Waals surface area contributed by atoms with Gasteiger partial charge in [0.05, 0.1) is 16.6 Å². The minimum atomic E-state index is -0.602. The molecule has 4 aromatic rings. The number of aromatic nitrogens is 2. The van der Waals surface area contributed by atoms with Gasteiger partial charge in [-0.2, -0.15) is 0 Å². The van der Waals surface area contributed by atoms with Crippen LogP contribution in [-0.2, 0) is 0 Å². The average Bonchev–Trinajstić information content (AvgIpc) is 3.13. The average molecular weight is 390 g/mol. The molecule has 0 saturated heterocycles. The second kappa shape index (κ2) is 7.58. The second-order valence-electron chi connectivity index (χ2n) is 6.07. The molecule has 138 valence electrons. The number of carbonyl (C=O) groups is 1. The van der Waals surface area contributed by atoms with Crippen molar-refractivity contribution in [3.05, 3.63) is 84.2 Å². The molecule has 28 heavy (non-hydrogen) atoms. The molecule has 0 aliphatic heterocycles. The summed E-state index contributed by atoms with van der Waals surface area (Å²) < 4.78 is 13.7. The Labute approximate surface area is 165 Å². The fourth-order valence-corrected chi connectivity index (χ4v) is 2.99. The summed E-state index contributed by atoms with van der Waals surface area (Å²) in [6, 6.07) is 21.0. The molecule has 3 aromatic carbocycles. The van der Waals surface area contributed by atoms with E-state index >= 15 is 0 Å². The standard InChI is InChI=1S/C21H15FN4OS/c22-16-6-2-1-5-15(16)20(27)26-21(28)23-14-11-9-13(10-12-14)19-24-17-7-3-4-8-18(17)25-19/h1-12H,(H,24,25)(H2,23,26,27,28). The van der Waals surface area contributed by atoms with Crippen molar-refractivity contribution < 1.29 is 9.18 Å². The molecule has 1 aromatic heterocycles. The first-order chi connectivity index (χ1) is 13.6. The van der Waals surface area contributed by atoms with E-state index in [0.29, 0.717) is 5.69 Å². The van der Waals surface area contributed by atoms with Gasteiger partial charge in [0, 0.05) is 11.3 Å². The molecule has 0 fully saturated rings. The summed E-state index contributed by atoms with van der Waals surface area (Å²) in [5.41, 5.74) is 3.42. The zero-order chi connectivity index (χ0) is 19.5. The van der Waals surface area contributed by atoms with Gasteiger partial charge in [-0.1, -0.05) is 24.3 Å². The van der Waals surface area contributed by atoms with Gasteiger partial charge in [0.2, 0.25) is 0 Å². The third-order valence-corrected chi connectivity index (χ3v) is 4.36. The maximum Gasteiger partial charge on any atom is 0.260 e. The first-order valence-corrected chi connectivity index (χ1v) is 8.93. The number of amides is 1. The number of rotatable bonds is 3. The molecule has 0 aliphatic carbocycles. The molecule has 7 heteroatoms. The molecule has 4 rings (SSSR count). The molecule has 0 spiro atoms. The second-order valence-corrected chi connectivity index (χ2v) is 6.48. The number of fused-ring (bicyclic) bond motifs is 1. The Kier molecular flexibility index (Phi) is 4.82. The minimum Gasteiger partial charge on any atom is -0.338 e. The summed E-state index contributed by atoms with van der Waals surface area (Å²) >= 11 is 5.14. The number of nitrogens with zero attached hydrogens (tertiary/aromatic N) is 1. The largest absolute Gasteiger partial charge is 0.338 e. The van der Waals surface area contributed by atoms with Gasteiger partial charge in [-0.05, 0) is 60.7 Å². The third kappa shape index (κ3) is 3.74. The summed E-state index contributed by atoms with van der Waals surface area (Å²) in [5.74, 6) is -0.435. The fourth-order valence-electron chi connectivity index (χ4n) is 2.78. The lowest BCUT2D eigenvalue weighted by Gasteiger charge is -2.10. The summed E-state index contributed by atoms with van der Waals surface area (Å²) in [6.45, 7) is 0. The van der Waals surface area contributed by atoms with Crippen LogP contribution in [0.2, 0.25) is 0 Å². The Morgan fingerprint density at radius 1 is 0.964 bits per heavy atom. The van der Waals surface area contributed by atoms with E-state index in [-0.39, 0.29) is 10.7 Å². The van der Waals surface area contributed by atoms with Gasteiger partial charge in [-0.25, -0.2) is 9.37 Å². The van der Waals surface area contributed by atoms with E-state index in [9.17, 15) is 9.18 Å². The van der Waals surface area contributed by atoms with Crippen LogP contribution in [-0.4, -0.2) is 21.0 Å². The molecular weight excluding hydrogens is 375 g/mol. The van der Waals surface area contributed by atoms with Crippen LogP contribution in [0, 0.1) is 5.82 Å². The number of halogens is 1. The van der Waals surface area contributed by atoms with Crippen LogP contribution in [0.15, 0.2) is 72.8 Å². The van der Waals surface area contributed by atoms with Crippen LogP contribution in [0.25, 0.3) is 22.4 Å². The predicted molar refractivity (Wildman–Crippen MR) is 112 cm³/mol. The van der Waals surface area contributed by atoms with Crippen molar-refractivity contribution in [3.63, 3.8) is 0 Å². The zero-order valence-electron chi connectivity index (χ0n) is 14.6. The van der Waals surface area contributed by atoms with E-state index in [1.807, 2.05) is 48.5 Å². The molecule has 0 atom stereocenters. The van der Waals surface area contributed by atoms with Crippen LogP contribution in [0.1, 0.15) is 10.4 Å². The van der Waals surface area contributed by atoms with Crippen molar-refractivity contribution in [2.75, 3.05) is 5.32 Å². The number of nitrogens with one attached hydrogen (secondary N) is 3. The highest BCUT2D eigenvalue weighted by atomic mass is 32.1. The van der Waals surface area contributed by atoms with Gasteiger partial charge in [0.15, 0.2) is 5.11 Å². The number of hydrogen-bond acceptors (Lipinski definition) is 3. The first-order valence-electron chi connectivity index (χ1n) is 8.52. The quantitative estimate of drug-likeness (QED) is 0.451. The Bertz CT molecular complexity index is 1140. The normalized spacial score (nSPS) is 10.6. The molecular formula is C21H15FN4OS. The van der Waals surface area contributed by atoms with E-state index in [1.54, 1.807) is 6.07 Å². The number of thiocarbonyl (C=S) groups is 1. The van der Waals surface area contributed by atoms with Crippen molar-refractivity contribution in [3.8, 4) is 11.4 Å². The molecule has 0 bridgehead atoms. The number of H-pyrrole nitrogens is 1. The predicted octanol–water partition coefficient (Wildman–Crippen LogP) is 4.50. The van der Waals surface area contributed by atoms with Gasteiger partial charge in [-0.15, -0.1) is 0 Å². The summed E-state index contributed by atoms with van der Waals surface area (Å²) in [7, 11) is 0. The molecule has 0 unspecified atom stereocenters. The lowest BCUT2D eigenvalue weighted by atomic mass is 10.2. The topological polar surface area (TPSA) is 69.8 Å². The highest BCUT2D eigenvalue weighted by Gasteiger charge is 2.12. The number of anilines is 1. The van der Waals surface area contributed by atoms with Gasteiger partial charge in [-0.3, -0.25) is 10.1 Å². The number of benzene rings is 3. The van der Waals surface area contributed by atoms with Crippen molar-refractivity contribution >= 4 is 40.0 Å². The Hall–Kier alpha value is -3.58. The number of hydrogen-bond donors (Lipinski definition) is 3. The maximum atomic E-state index is 13.7. The summed E-state index contributed by atoms with van der Waals surface area (Å²) in [6.07, 6.45) is 0. The molecule has 0 radical (unpaired) electrons. The molecule has 0 saturated carbocycles. The van der Waals surface area contributed by atoms with Gasteiger partial charge in [0.1, 0.15) is 11.6 Å². The lowest BCUT2D eigenvalue weighted by Crippen LogP contribution is -2.34. The minimum absolute atomic E-state index is 0.0631. The number of carbonyl (C=O) groups excluding carboxylic acids is 1. The Morgan fingerprint density at radius 3 is 2.43 bits per heavy atom. The Morgan fingerprint density at radius 2 is 1.68 bits per heavy atom. The van der Waals surface area contributed by atoms with E-state index in [0.717, 1.165) is 22.4 Å². The number of imidazole rings is 1. The van der Waals surface area contributed by atoms with E-state index in [1.165, 1.54) is 18.2 Å². The van der Waals surface area contributed by atoms with Crippen molar-refractivity contribution in [1.29, 1.82) is 0 Å².